The minimum Gasteiger partial charge on any atom is -0.387 e. The number of hydrogen-bond acceptors (Lipinski definition) is 7. The Balaban J connectivity index is 1.61. The van der Waals surface area contributed by atoms with Crippen LogP contribution in [0.15, 0.2) is 91.0 Å². The van der Waals surface area contributed by atoms with Crippen molar-refractivity contribution in [1.82, 2.24) is 0 Å². The molecule has 0 saturated heterocycles. The summed E-state index contributed by atoms with van der Waals surface area (Å²) in [6, 6.07) is 30.1. The second kappa shape index (κ2) is 18.1. The van der Waals surface area contributed by atoms with E-state index in [1.807, 2.05) is 97.9 Å². The lowest BCUT2D eigenvalue weighted by Crippen LogP contribution is -2.67. The lowest BCUT2D eigenvalue weighted by atomic mass is 9.83. The van der Waals surface area contributed by atoms with Crippen LogP contribution in [0.25, 0.3) is 0 Å². The summed E-state index contributed by atoms with van der Waals surface area (Å²) in [5, 5.41) is 11.8. The van der Waals surface area contributed by atoms with Gasteiger partial charge in [0.15, 0.2) is 0 Å². The SMILES string of the molecule is CCOC1C(O)C(OCCCCCCN)C(OCc2ccccc2)C(OCc2ccccc2)C1OCc1ccccc1. The van der Waals surface area contributed by atoms with E-state index >= 15 is 0 Å². The average Bonchev–Trinajstić information content (AvgIpc) is 3.03. The van der Waals surface area contributed by atoms with Crippen LogP contribution in [0.3, 0.4) is 0 Å². The first kappa shape index (κ1) is 32.3. The highest BCUT2D eigenvalue weighted by Gasteiger charge is 2.53. The van der Waals surface area contributed by atoms with E-state index in [9.17, 15) is 5.11 Å². The van der Waals surface area contributed by atoms with Gasteiger partial charge in [-0.25, -0.2) is 0 Å². The van der Waals surface area contributed by atoms with Crippen molar-refractivity contribution in [2.24, 2.45) is 5.73 Å². The smallest absolute Gasteiger partial charge is 0.116 e. The molecule has 0 radical (unpaired) electrons. The molecule has 0 heterocycles. The van der Waals surface area contributed by atoms with Crippen LogP contribution in [0, 0.1) is 0 Å². The normalized spacial score (nSPS) is 24.1. The van der Waals surface area contributed by atoms with Crippen LogP contribution in [-0.4, -0.2) is 61.5 Å². The highest BCUT2D eigenvalue weighted by molar-refractivity contribution is 5.16. The summed E-state index contributed by atoms with van der Waals surface area (Å²) in [6.07, 6.45) is -0.0712. The maximum Gasteiger partial charge on any atom is 0.116 e. The summed E-state index contributed by atoms with van der Waals surface area (Å²) in [4.78, 5) is 0. The Morgan fingerprint density at radius 1 is 0.524 bits per heavy atom. The molecule has 228 valence electrons. The van der Waals surface area contributed by atoms with Gasteiger partial charge in [-0.05, 0) is 43.0 Å². The Labute approximate surface area is 250 Å². The van der Waals surface area contributed by atoms with Crippen LogP contribution in [0.5, 0.6) is 0 Å². The molecule has 4 rings (SSSR count). The molecular weight excluding hydrogens is 530 g/mol. The molecule has 3 N–H and O–H groups in total. The summed E-state index contributed by atoms with van der Waals surface area (Å²) >= 11 is 0. The predicted molar refractivity (Wildman–Crippen MR) is 164 cm³/mol. The van der Waals surface area contributed by atoms with Crippen molar-refractivity contribution in [2.75, 3.05) is 19.8 Å². The van der Waals surface area contributed by atoms with E-state index in [0.29, 0.717) is 39.6 Å². The molecule has 1 aliphatic carbocycles. The number of ether oxygens (including phenoxy) is 5. The summed E-state index contributed by atoms with van der Waals surface area (Å²) in [5.74, 6) is 0. The summed E-state index contributed by atoms with van der Waals surface area (Å²) < 4.78 is 32.4. The largest absolute Gasteiger partial charge is 0.387 e. The molecule has 0 spiro atoms. The molecule has 1 saturated carbocycles. The van der Waals surface area contributed by atoms with Gasteiger partial charge in [0.2, 0.25) is 0 Å². The maximum atomic E-state index is 11.8. The van der Waals surface area contributed by atoms with Crippen molar-refractivity contribution >= 4 is 0 Å². The van der Waals surface area contributed by atoms with Gasteiger partial charge in [0, 0.05) is 13.2 Å². The Kier molecular flexibility index (Phi) is 13.9. The van der Waals surface area contributed by atoms with Gasteiger partial charge in [0.25, 0.3) is 0 Å². The van der Waals surface area contributed by atoms with E-state index in [1.54, 1.807) is 0 Å². The van der Waals surface area contributed by atoms with Crippen molar-refractivity contribution in [2.45, 2.75) is 89.1 Å². The van der Waals surface area contributed by atoms with Crippen LogP contribution in [-0.2, 0) is 43.5 Å². The van der Waals surface area contributed by atoms with Crippen molar-refractivity contribution in [3.05, 3.63) is 108 Å². The fourth-order valence-corrected chi connectivity index (χ4v) is 5.40. The Morgan fingerprint density at radius 2 is 0.929 bits per heavy atom. The molecule has 0 bridgehead atoms. The molecule has 3 aromatic carbocycles. The maximum absolute atomic E-state index is 11.8. The minimum atomic E-state index is -0.966. The molecule has 3 aromatic rings. The summed E-state index contributed by atoms with van der Waals surface area (Å²) in [7, 11) is 0. The first-order valence-electron chi connectivity index (χ1n) is 15.3. The first-order valence-corrected chi connectivity index (χ1v) is 15.3. The number of nitrogens with two attached hydrogens (primary N) is 1. The van der Waals surface area contributed by atoms with Crippen LogP contribution in [0.4, 0.5) is 0 Å². The van der Waals surface area contributed by atoms with Gasteiger partial charge in [-0.2, -0.15) is 0 Å². The molecule has 0 amide bonds. The molecule has 0 aliphatic heterocycles. The minimum absolute atomic E-state index is 0.352. The van der Waals surface area contributed by atoms with Gasteiger partial charge in [0.05, 0.1) is 19.8 Å². The summed E-state index contributed by atoms with van der Waals surface area (Å²) in [5.41, 5.74) is 8.76. The van der Waals surface area contributed by atoms with E-state index in [1.165, 1.54) is 0 Å². The zero-order valence-electron chi connectivity index (χ0n) is 24.8. The van der Waals surface area contributed by atoms with Crippen molar-refractivity contribution in [3.63, 3.8) is 0 Å². The Bertz CT molecular complexity index is 1100. The van der Waals surface area contributed by atoms with Crippen molar-refractivity contribution in [3.8, 4) is 0 Å². The highest BCUT2D eigenvalue weighted by atomic mass is 16.6. The fraction of sp³-hybridized carbons (Fsp3) is 0.486. The van der Waals surface area contributed by atoms with Crippen LogP contribution >= 0.6 is 0 Å². The third-order valence-electron chi connectivity index (χ3n) is 7.59. The van der Waals surface area contributed by atoms with E-state index < -0.39 is 36.6 Å². The van der Waals surface area contributed by atoms with Gasteiger partial charge in [-0.15, -0.1) is 0 Å². The topological polar surface area (TPSA) is 92.4 Å². The molecule has 1 aliphatic rings. The third kappa shape index (κ3) is 9.71. The molecule has 7 heteroatoms. The van der Waals surface area contributed by atoms with Gasteiger partial charge in [0.1, 0.15) is 36.6 Å². The zero-order chi connectivity index (χ0) is 29.4. The number of aliphatic hydroxyl groups is 1. The second-order valence-electron chi connectivity index (χ2n) is 10.7. The van der Waals surface area contributed by atoms with Crippen LogP contribution in [0.2, 0.25) is 0 Å². The Hall–Kier alpha value is -2.62. The van der Waals surface area contributed by atoms with E-state index in [4.69, 9.17) is 29.4 Å². The van der Waals surface area contributed by atoms with Gasteiger partial charge in [-0.1, -0.05) is 104 Å². The zero-order valence-corrected chi connectivity index (χ0v) is 24.8. The monoisotopic (exact) mass is 577 g/mol. The van der Waals surface area contributed by atoms with Crippen molar-refractivity contribution in [1.29, 1.82) is 0 Å². The number of unbranched alkanes of at least 4 members (excludes halogenated alkanes) is 3. The molecule has 6 unspecified atom stereocenters. The second-order valence-corrected chi connectivity index (χ2v) is 10.7. The van der Waals surface area contributed by atoms with Gasteiger partial charge < -0.3 is 34.5 Å². The third-order valence-corrected chi connectivity index (χ3v) is 7.59. The lowest BCUT2D eigenvalue weighted by molar-refractivity contribution is -0.279. The lowest BCUT2D eigenvalue weighted by Gasteiger charge is -2.48. The predicted octanol–water partition coefficient (Wildman–Crippen LogP) is 5.43. The average molecular weight is 578 g/mol. The molecule has 7 nitrogen and oxygen atoms in total. The standard InChI is InChI=1S/C35H47NO6/c1-2-38-31-30(37)32(39-23-15-4-3-14-22-36)34(41-25-28-18-10-6-11-19-28)35(42-26-29-20-12-7-13-21-29)33(31)40-24-27-16-8-5-9-17-27/h5-13,16-21,30-35,37H,2-4,14-15,22-26,36H2,1H3. The summed E-state index contributed by atoms with van der Waals surface area (Å²) in [6.45, 7) is 4.60. The van der Waals surface area contributed by atoms with Gasteiger partial charge >= 0.3 is 0 Å². The number of benzene rings is 3. The molecule has 42 heavy (non-hydrogen) atoms. The number of aliphatic hydroxyl groups excluding tert-OH is 1. The number of rotatable bonds is 18. The highest BCUT2D eigenvalue weighted by Crippen LogP contribution is 2.34. The molecular formula is C35H47NO6. The molecule has 0 aromatic heterocycles. The molecule has 6 atom stereocenters. The van der Waals surface area contributed by atoms with E-state index in [2.05, 4.69) is 0 Å². The van der Waals surface area contributed by atoms with Crippen LogP contribution in [0.1, 0.15) is 49.3 Å². The first-order chi connectivity index (χ1) is 20.7. The fourth-order valence-electron chi connectivity index (χ4n) is 5.40. The van der Waals surface area contributed by atoms with Crippen molar-refractivity contribution < 1.29 is 28.8 Å². The quantitative estimate of drug-likeness (QED) is 0.195. The van der Waals surface area contributed by atoms with Crippen LogP contribution < -0.4 is 5.73 Å². The van der Waals surface area contributed by atoms with E-state index in [0.717, 1.165) is 42.4 Å². The van der Waals surface area contributed by atoms with Gasteiger partial charge in [-0.3, -0.25) is 0 Å². The molecule has 1 fully saturated rings. The van der Waals surface area contributed by atoms with E-state index in [-0.39, 0.29) is 0 Å². The Morgan fingerprint density at radius 3 is 1.36 bits per heavy atom. The number of hydrogen-bond donors (Lipinski definition) is 2.